The molecule has 25 heavy (non-hydrogen) atoms. The summed E-state index contributed by atoms with van der Waals surface area (Å²) in [6.45, 7) is 8.50. The van der Waals surface area contributed by atoms with Gasteiger partial charge < -0.3 is 25.0 Å². The number of guanidine groups is 1. The molecule has 0 aromatic heterocycles. The summed E-state index contributed by atoms with van der Waals surface area (Å²) in [6.07, 6.45) is 0. The van der Waals surface area contributed by atoms with Crippen molar-refractivity contribution in [3.8, 4) is 11.5 Å². The number of nitrogens with one attached hydrogen (secondary N) is 1. The van der Waals surface area contributed by atoms with Crippen LogP contribution in [-0.4, -0.2) is 67.1 Å². The highest BCUT2D eigenvalue weighted by Gasteiger charge is 2.15. The van der Waals surface area contributed by atoms with Crippen molar-refractivity contribution in [1.82, 2.24) is 15.1 Å². The molecule has 7 heteroatoms. The van der Waals surface area contributed by atoms with E-state index in [9.17, 15) is 9.90 Å². The van der Waals surface area contributed by atoms with Crippen LogP contribution in [-0.2, 0) is 11.3 Å². The Bertz CT molecular complexity index is 586. The first-order valence-electron chi connectivity index (χ1n) is 8.59. The Balaban J connectivity index is 2.87. The molecule has 0 aliphatic heterocycles. The van der Waals surface area contributed by atoms with E-state index < -0.39 is 0 Å². The number of hydrogen-bond acceptors (Lipinski definition) is 4. The number of ether oxygens (including phenoxy) is 1. The lowest BCUT2D eigenvalue weighted by Crippen LogP contribution is -2.45. The molecule has 2 N–H and O–H groups in total. The van der Waals surface area contributed by atoms with Gasteiger partial charge in [0.2, 0.25) is 5.91 Å². The molecule has 0 aliphatic carbocycles. The van der Waals surface area contributed by atoms with Crippen molar-refractivity contribution in [2.45, 2.75) is 27.3 Å². The van der Waals surface area contributed by atoms with Crippen LogP contribution in [0.5, 0.6) is 11.5 Å². The number of rotatable bonds is 8. The van der Waals surface area contributed by atoms with Crippen LogP contribution in [0.3, 0.4) is 0 Å². The van der Waals surface area contributed by atoms with Gasteiger partial charge in [0.15, 0.2) is 5.96 Å². The average Bonchev–Trinajstić information content (AvgIpc) is 2.60. The summed E-state index contributed by atoms with van der Waals surface area (Å²) in [5.74, 6) is 1.51. The van der Waals surface area contributed by atoms with Crippen molar-refractivity contribution >= 4 is 11.9 Å². The Morgan fingerprint density at radius 3 is 2.52 bits per heavy atom. The first-order chi connectivity index (χ1) is 12.0. The SMILES string of the molecule is CCNC(=NCc1cc(OC)ccc1O)N(C)CC(=O)N(CC)CC. The van der Waals surface area contributed by atoms with Crippen LogP contribution in [0.15, 0.2) is 23.2 Å². The van der Waals surface area contributed by atoms with Crippen molar-refractivity contribution in [2.75, 3.05) is 40.3 Å². The van der Waals surface area contributed by atoms with Crippen molar-refractivity contribution in [1.29, 1.82) is 0 Å². The minimum atomic E-state index is 0.0577. The predicted molar refractivity (Wildman–Crippen MR) is 100 cm³/mol. The summed E-state index contributed by atoms with van der Waals surface area (Å²) in [4.78, 5) is 20.4. The molecule has 0 fully saturated rings. The van der Waals surface area contributed by atoms with E-state index >= 15 is 0 Å². The second-order valence-electron chi connectivity index (χ2n) is 5.59. The molecule has 0 unspecified atom stereocenters. The third-order valence-electron chi connectivity index (χ3n) is 3.87. The van der Waals surface area contributed by atoms with Gasteiger partial charge >= 0.3 is 0 Å². The van der Waals surface area contributed by atoms with Crippen molar-refractivity contribution in [3.63, 3.8) is 0 Å². The normalized spacial score (nSPS) is 11.2. The van der Waals surface area contributed by atoms with Crippen molar-refractivity contribution in [3.05, 3.63) is 23.8 Å². The fraction of sp³-hybridized carbons (Fsp3) is 0.556. The van der Waals surface area contributed by atoms with Gasteiger partial charge in [0.1, 0.15) is 11.5 Å². The molecule has 1 aromatic rings. The van der Waals surface area contributed by atoms with Gasteiger partial charge in [-0.1, -0.05) is 0 Å². The third-order valence-corrected chi connectivity index (χ3v) is 3.87. The van der Waals surface area contributed by atoms with Gasteiger partial charge in [-0.15, -0.1) is 0 Å². The molecule has 0 saturated carbocycles. The van der Waals surface area contributed by atoms with Gasteiger partial charge in [-0.05, 0) is 39.0 Å². The number of carbonyl (C=O) groups excluding carboxylic acids is 1. The summed E-state index contributed by atoms with van der Waals surface area (Å²) >= 11 is 0. The lowest BCUT2D eigenvalue weighted by atomic mass is 10.2. The second-order valence-corrected chi connectivity index (χ2v) is 5.59. The maximum Gasteiger partial charge on any atom is 0.242 e. The molecule has 1 rings (SSSR count). The highest BCUT2D eigenvalue weighted by Crippen LogP contribution is 2.23. The fourth-order valence-electron chi connectivity index (χ4n) is 2.40. The van der Waals surface area contributed by atoms with E-state index in [1.54, 1.807) is 35.1 Å². The standard InChI is InChI=1S/C18H30N4O3/c1-6-19-18(21(4)13-17(24)22(7-2)8-3)20-12-14-11-15(25-5)9-10-16(14)23/h9-11,23H,6-8,12-13H2,1-5H3,(H,19,20). The van der Waals surface area contributed by atoms with Gasteiger partial charge in [0.05, 0.1) is 20.2 Å². The Hall–Kier alpha value is -2.44. The van der Waals surface area contributed by atoms with Gasteiger partial charge in [-0.25, -0.2) is 4.99 Å². The van der Waals surface area contributed by atoms with E-state index in [0.29, 0.717) is 36.9 Å². The summed E-state index contributed by atoms with van der Waals surface area (Å²) in [5, 5.41) is 13.1. The lowest BCUT2D eigenvalue weighted by molar-refractivity contribution is -0.131. The molecule has 7 nitrogen and oxygen atoms in total. The molecule has 1 amide bonds. The Morgan fingerprint density at radius 1 is 1.28 bits per heavy atom. The number of nitrogens with zero attached hydrogens (tertiary/aromatic N) is 3. The van der Waals surface area contributed by atoms with Crippen LogP contribution < -0.4 is 10.1 Å². The van der Waals surface area contributed by atoms with E-state index in [-0.39, 0.29) is 24.7 Å². The van der Waals surface area contributed by atoms with Gasteiger partial charge in [0.25, 0.3) is 0 Å². The fourth-order valence-corrected chi connectivity index (χ4v) is 2.40. The molecule has 0 bridgehead atoms. The third kappa shape index (κ3) is 6.17. The van der Waals surface area contributed by atoms with E-state index in [1.807, 2.05) is 27.8 Å². The minimum absolute atomic E-state index is 0.0577. The Labute approximate surface area is 150 Å². The van der Waals surface area contributed by atoms with Crippen molar-refractivity contribution in [2.24, 2.45) is 4.99 Å². The van der Waals surface area contributed by atoms with Crippen LogP contribution in [0.1, 0.15) is 26.3 Å². The molecule has 140 valence electrons. The van der Waals surface area contributed by atoms with Crippen LogP contribution in [0.4, 0.5) is 0 Å². The largest absolute Gasteiger partial charge is 0.508 e. The maximum absolute atomic E-state index is 12.3. The number of aromatic hydroxyl groups is 1. The van der Waals surface area contributed by atoms with Gasteiger partial charge in [0, 0.05) is 32.2 Å². The van der Waals surface area contributed by atoms with E-state index in [2.05, 4.69) is 10.3 Å². The smallest absolute Gasteiger partial charge is 0.242 e. The molecule has 0 atom stereocenters. The van der Waals surface area contributed by atoms with Crippen molar-refractivity contribution < 1.29 is 14.6 Å². The monoisotopic (exact) mass is 350 g/mol. The number of hydrogen-bond donors (Lipinski definition) is 2. The molecule has 0 saturated heterocycles. The van der Waals surface area contributed by atoms with E-state index in [0.717, 1.165) is 0 Å². The van der Waals surface area contributed by atoms with Crippen LogP contribution in [0.25, 0.3) is 0 Å². The zero-order valence-electron chi connectivity index (χ0n) is 15.9. The number of carbonyl (C=O) groups is 1. The second kappa shape index (κ2) is 10.4. The first-order valence-corrected chi connectivity index (χ1v) is 8.59. The minimum Gasteiger partial charge on any atom is -0.508 e. The summed E-state index contributed by atoms with van der Waals surface area (Å²) in [6, 6.07) is 5.04. The number of methoxy groups -OCH3 is 1. The molecule has 0 aliphatic rings. The quantitative estimate of drug-likeness (QED) is 0.551. The number of phenolic OH excluding ortho intramolecular Hbond substituents is 1. The van der Waals surface area contributed by atoms with E-state index in [1.165, 1.54) is 0 Å². The number of amides is 1. The number of likely N-dealkylation sites (N-methyl/N-ethyl adjacent to an activating group) is 2. The van der Waals surface area contributed by atoms with Gasteiger partial charge in [-0.3, -0.25) is 4.79 Å². The zero-order chi connectivity index (χ0) is 18.8. The molecule has 0 spiro atoms. The molecule has 0 radical (unpaired) electrons. The number of phenols is 1. The van der Waals surface area contributed by atoms with E-state index in [4.69, 9.17) is 4.74 Å². The molecule has 1 aromatic carbocycles. The number of aliphatic imine (C=N–C) groups is 1. The predicted octanol–water partition coefficient (Wildman–Crippen LogP) is 1.67. The van der Waals surface area contributed by atoms with Crippen LogP contribution >= 0.6 is 0 Å². The lowest BCUT2D eigenvalue weighted by Gasteiger charge is -2.25. The Morgan fingerprint density at radius 2 is 1.96 bits per heavy atom. The summed E-state index contributed by atoms with van der Waals surface area (Å²) < 4.78 is 5.18. The molecular formula is C18H30N4O3. The number of benzene rings is 1. The highest BCUT2D eigenvalue weighted by atomic mass is 16.5. The first kappa shape index (κ1) is 20.6. The topological polar surface area (TPSA) is 77.4 Å². The summed E-state index contributed by atoms with van der Waals surface area (Å²) in [7, 11) is 3.41. The van der Waals surface area contributed by atoms with Crippen LogP contribution in [0, 0.1) is 0 Å². The molecular weight excluding hydrogens is 320 g/mol. The molecule has 0 heterocycles. The average molecular weight is 350 g/mol. The van der Waals surface area contributed by atoms with Crippen LogP contribution in [0.2, 0.25) is 0 Å². The highest BCUT2D eigenvalue weighted by molar-refractivity contribution is 5.86. The van der Waals surface area contributed by atoms with Gasteiger partial charge in [-0.2, -0.15) is 0 Å². The maximum atomic E-state index is 12.3. The zero-order valence-corrected chi connectivity index (χ0v) is 15.9. The summed E-state index contributed by atoms with van der Waals surface area (Å²) in [5.41, 5.74) is 0.665. The Kier molecular flexibility index (Phi) is 8.60.